The first kappa shape index (κ1) is 15.1. The van der Waals surface area contributed by atoms with Crippen molar-refractivity contribution in [1.29, 1.82) is 0 Å². The van der Waals surface area contributed by atoms with Gasteiger partial charge in [0.05, 0.1) is 22.3 Å². The molecule has 2 aromatic carbocycles. The maximum Gasteiger partial charge on any atom is 0.418 e. The normalized spacial score (nSPS) is 11.7. The lowest BCUT2D eigenvalue weighted by atomic mass is 10.1. The van der Waals surface area contributed by atoms with Gasteiger partial charge in [-0.2, -0.15) is 13.2 Å². The molecule has 0 atom stereocenters. The molecule has 3 rings (SSSR count). The summed E-state index contributed by atoms with van der Waals surface area (Å²) in [6.45, 7) is 1.78. The fraction of sp³-hybridized carbons (Fsp3) is 0.125. The Morgan fingerprint density at radius 3 is 2.65 bits per heavy atom. The maximum atomic E-state index is 12.9. The van der Waals surface area contributed by atoms with Crippen molar-refractivity contribution in [3.05, 3.63) is 59.4 Å². The quantitative estimate of drug-likeness (QED) is 0.746. The minimum Gasteiger partial charge on any atom is -0.342 e. The van der Waals surface area contributed by atoms with E-state index in [1.54, 1.807) is 19.1 Å². The molecule has 23 heavy (non-hydrogen) atoms. The van der Waals surface area contributed by atoms with E-state index in [0.717, 1.165) is 6.07 Å². The van der Waals surface area contributed by atoms with Gasteiger partial charge >= 0.3 is 6.18 Å². The second-order valence-electron chi connectivity index (χ2n) is 5.05. The van der Waals surface area contributed by atoms with E-state index in [0.29, 0.717) is 16.9 Å². The lowest BCUT2D eigenvalue weighted by molar-refractivity contribution is -0.136. The number of rotatable bonds is 2. The summed E-state index contributed by atoms with van der Waals surface area (Å²) in [6, 6.07) is 9.58. The van der Waals surface area contributed by atoms with E-state index in [1.165, 1.54) is 24.3 Å². The predicted molar refractivity (Wildman–Crippen MR) is 80.2 cm³/mol. The molecule has 1 aromatic heterocycles. The Balaban J connectivity index is 1.92. The first-order chi connectivity index (χ1) is 10.8. The average Bonchev–Trinajstić information content (AvgIpc) is 2.85. The highest BCUT2D eigenvalue weighted by Gasteiger charge is 2.33. The summed E-state index contributed by atoms with van der Waals surface area (Å²) < 4.78 is 38.8. The Kier molecular flexibility index (Phi) is 3.55. The van der Waals surface area contributed by atoms with Crippen LogP contribution in [0.5, 0.6) is 0 Å². The lowest BCUT2D eigenvalue weighted by Gasteiger charge is -2.13. The number of carbonyl (C=O) groups is 1. The molecule has 0 saturated carbocycles. The Morgan fingerprint density at radius 2 is 1.91 bits per heavy atom. The van der Waals surface area contributed by atoms with Crippen LogP contribution in [0.4, 0.5) is 18.9 Å². The molecule has 0 unspecified atom stereocenters. The molecular weight excluding hydrogens is 307 g/mol. The fourth-order valence-corrected chi connectivity index (χ4v) is 2.31. The number of alkyl halides is 3. The van der Waals surface area contributed by atoms with E-state index in [4.69, 9.17) is 0 Å². The predicted octanol–water partition coefficient (Wildman–Crippen LogP) is 4.14. The summed E-state index contributed by atoms with van der Waals surface area (Å²) in [4.78, 5) is 19.4. The van der Waals surface area contributed by atoms with Gasteiger partial charge in [-0.05, 0) is 37.3 Å². The maximum absolute atomic E-state index is 12.9. The smallest absolute Gasteiger partial charge is 0.342 e. The summed E-state index contributed by atoms with van der Waals surface area (Å²) >= 11 is 0. The molecule has 1 amide bonds. The monoisotopic (exact) mass is 319 g/mol. The second-order valence-corrected chi connectivity index (χ2v) is 5.05. The number of fused-ring (bicyclic) bond motifs is 1. The molecule has 0 bridgehead atoms. The second kappa shape index (κ2) is 5.42. The third-order valence-corrected chi connectivity index (χ3v) is 3.34. The first-order valence-corrected chi connectivity index (χ1v) is 6.78. The van der Waals surface area contributed by atoms with Gasteiger partial charge in [0.25, 0.3) is 5.91 Å². The number of aromatic amines is 1. The van der Waals surface area contributed by atoms with E-state index < -0.39 is 17.6 Å². The van der Waals surface area contributed by atoms with E-state index >= 15 is 0 Å². The molecule has 2 N–H and O–H groups in total. The number of amides is 1. The van der Waals surface area contributed by atoms with Crippen LogP contribution < -0.4 is 5.32 Å². The van der Waals surface area contributed by atoms with E-state index in [1.807, 2.05) is 0 Å². The number of benzene rings is 2. The average molecular weight is 319 g/mol. The van der Waals surface area contributed by atoms with Crippen molar-refractivity contribution in [3.63, 3.8) is 0 Å². The largest absolute Gasteiger partial charge is 0.418 e. The zero-order valence-electron chi connectivity index (χ0n) is 12.0. The number of nitrogens with one attached hydrogen (secondary N) is 2. The molecule has 0 saturated heterocycles. The zero-order chi connectivity index (χ0) is 16.6. The number of hydrogen-bond acceptors (Lipinski definition) is 2. The molecule has 118 valence electrons. The Hall–Kier alpha value is -2.83. The van der Waals surface area contributed by atoms with Crippen LogP contribution in [0.3, 0.4) is 0 Å². The van der Waals surface area contributed by atoms with Crippen molar-refractivity contribution in [2.75, 3.05) is 5.32 Å². The minimum atomic E-state index is -4.53. The lowest BCUT2D eigenvalue weighted by Crippen LogP contribution is -2.16. The first-order valence-electron chi connectivity index (χ1n) is 6.78. The molecule has 0 aliphatic heterocycles. The highest BCUT2D eigenvalue weighted by molar-refractivity contribution is 6.06. The van der Waals surface area contributed by atoms with Crippen molar-refractivity contribution in [2.45, 2.75) is 13.1 Å². The van der Waals surface area contributed by atoms with Gasteiger partial charge in [-0.15, -0.1) is 0 Å². The molecule has 0 fully saturated rings. The SMILES string of the molecule is Cc1nc2ccc(C(=O)Nc3ccccc3C(F)(F)F)cc2[nH]1. The number of anilines is 1. The third-order valence-electron chi connectivity index (χ3n) is 3.34. The molecule has 0 aliphatic rings. The van der Waals surface area contributed by atoms with E-state index in [-0.39, 0.29) is 11.3 Å². The minimum absolute atomic E-state index is 0.248. The van der Waals surface area contributed by atoms with E-state index in [2.05, 4.69) is 15.3 Å². The summed E-state index contributed by atoms with van der Waals surface area (Å²) in [7, 11) is 0. The number of aromatic nitrogens is 2. The van der Waals surface area contributed by atoms with Crippen LogP contribution >= 0.6 is 0 Å². The van der Waals surface area contributed by atoms with Gasteiger partial charge in [0.2, 0.25) is 0 Å². The number of halogens is 3. The highest BCUT2D eigenvalue weighted by atomic mass is 19.4. The zero-order valence-corrected chi connectivity index (χ0v) is 12.0. The molecule has 0 spiro atoms. The molecule has 3 aromatic rings. The van der Waals surface area contributed by atoms with Gasteiger partial charge in [-0.1, -0.05) is 12.1 Å². The number of carbonyl (C=O) groups excluding carboxylic acids is 1. The Labute approximate surface area is 129 Å². The van der Waals surface area contributed by atoms with Gasteiger partial charge in [-0.3, -0.25) is 4.79 Å². The van der Waals surface area contributed by atoms with Crippen LogP contribution in [0.15, 0.2) is 42.5 Å². The van der Waals surface area contributed by atoms with Gasteiger partial charge in [-0.25, -0.2) is 4.98 Å². The number of H-pyrrole nitrogens is 1. The number of para-hydroxylation sites is 1. The summed E-state index contributed by atoms with van der Waals surface area (Å²) in [5, 5.41) is 2.31. The van der Waals surface area contributed by atoms with Crippen LogP contribution in [-0.4, -0.2) is 15.9 Å². The van der Waals surface area contributed by atoms with Crippen LogP contribution in [0.2, 0.25) is 0 Å². The fourth-order valence-electron chi connectivity index (χ4n) is 2.31. The van der Waals surface area contributed by atoms with Crippen molar-refractivity contribution in [1.82, 2.24) is 9.97 Å². The molecule has 0 aliphatic carbocycles. The standard InChI is InChI=1S/C16H12F3N3O/c1-9-20-13-7-6-10(8-14(13)21-9)15(23)22-12-5-3-2-4-11(12)16(17,18)19/h2-8H,1H3,(H,20,21)(H,22,23). The van der Waals surface area contributed by atoms with Crippen molar-refractivity contribution in [3.8, 4) is 0 Å². The molecule has 4 nitrogen and oxygen atoms in total. The molecule has 1 heterocycles. The number of imidazole rings is 1. The number of hydrogen-bond donors (Lipinski definition) is 2. The van der Waals surface area contributed by atoms with Crippen molar-refractivity contribution < 1.29 is 18.0 Å². The van der Waals surface area contributed by atoms with E-state index in [9.17, 15) is 18.0 Å². The van der Waals surface area contributed by atoms with Crippen LogP contribution in [-0.2, 0) is 6.18 Å². The van der Waals surface area contributed by atoms with Gasteiger partial charge < -0.3 is 10.3 Å². The Bertz CT molecular complexity index is 884. The number of aryl methyl sites for hydroxylation is 1. The highest BCUT2D eigenvalue weighted by Crippen LogP contribution is 2.34. The van der Waals surface area contributed by atoms with Crippen LogP contribution in [0, 0.1) is 6.92 Å². The van der Waals surface area contributed by atoms with Gasteiger partial charge in [0.15, 0.2) is 0 Å². The third kappa shape index (κ3) is 3.03. The number of nitrogens with zero attached hydrogens (tertiary/aromatic N) is 1. The summed E-state index contributed by atoms with van der Waals surface area (Å²) in [5.41, 5.74) is 0.435. The van der Waals surface area contributed by atoms with Crippen molar-refractivity contribution >= 4 is 22.6 Å². The molecule has 0 radical (unpaired) electrons. The van der Waals surface area contributed by atoms with Crippen LogP contribution in [0.25, 0.3) is 11.0 Å². The summed E-state index contributed by atoms with van der Waals surface area (Å²) in [5.74, 6) is 0.0795. The van der Waals surface area contributed by atoms with Crippen LogP contribution in [0.1, 0.15) is 21.7 Å². The topological polar surface area (TPSA) is 57.8 Å². The van der Waals surface area contributed by atoms with Gasteiger partial charge in [0, 0.05) is 5.56 Å². The van der Waals surface area contributed by atoms with Gasteiger partial charge in [0.1, 0.15) is 5.82 Å². The summed E-state index contributed by atoms with van der Waals surface area (Å²) in [6.07, 6.45) is -4.53. The van der Waals surface area contributed by atoms with Crippen molar-refractivity contribution in [2.24, 2.45) is 0 Å². The molecular formula is C16H12F3N3O. The Morgan fingerprint density at radius 1 is 1.17 bits per heavy atom. The molecule has 7 heteroatoms.